The Labute approximate surface area is 149 Å². The van der Waals surface area contributed by atoms with Gasteiger partial charge in [0.1, 0.15) is 0 Å². The van der Waals surface area contributed by atoms with E-state index in [0.717, 1.165) is 31.5 Å². The van der Waals surface area contributed by atoms with Gasteiger partial charge in [0.05, 0.1) is 0 Å². The summed E-state index contributed by atoms with van der Waals surface area (Å²) in [7, 11) is 0. The summed E-state index contributed by atoms with van der Waals surface area (Å²) in [6.45, 7) is 1.50. The molecule has 4 nitrogen and oxygen atoms in total. The molecule has 0 aromatic heterocycles. The lowest BCUT2D eigenvalue weighted by molar-refractivity contribution is 0.195. The van der Waals surface area contributed by atoms with Crippen molar-refractivity contribution in [2.24, 2.45) is 11.8 Å². The number of hydrogen-bond donors (Lipinski definition) is 2. The van der Waals surface area contributed by atoms with E-state index in [1.165, 1.54) is 5.56 Å². The molecular formula is C21H26N2O2. The van der Waals surface area contributed by atoms with Crippen LogP contribution in [0.1, 0.15) is 18.4 Å². The Balaban J connectivity index is 1.50. The molecule has 1 aliphatic heterocycles. The Kier molecular flexibility index (Phi) is 6.07. The molecule has 2 N–H and O–H groups in total. The average molecular weight is 338 g/mol. The summed E-state index contributed by atoms with van der Waals surface area (Å²) >= 11 is 0. The number of likely N-dealkylation sites (tertiary alicyclic amines) is 1. The molecule has 2 atom stereocenters. The normalized spacial score (nSPS) is 19.8. The second-order valence-corrected chi connectivity index (χ2v) is 6.78. The van der Waals surface area contributed by atoms with E-state index < -0.39 is 0 Å². The Morgan fingerprint density at radius 1 is 1.00 bits per heavy atom. The van der Waals surface area contributed by atoms with Crippen molar-refractivity contribution in [3.63, 3.8) is 0 Å². The summed E-state index contributed by atoms with van der Waals surface area (Å²) in [4.78, 5) is 14.3. The number of nitrogens with zero attached hydrogens (tertiary/aromatic N) is 1. The smallest absolute Gasteiger partial charge is 0.321 e. The van der Waals surface area contributed by atoms with Crippen LogP contribution >= 0.6 is 0 Å². The molecule has 1 heterocycles. The van der Waals surface area contributed by atoms with Gasteiger partial charge >= 0.3 is 6.03 Å². The first kappa shape index (κ1) is 17.5. The van der Waals surface area contributed by atoms with E-state index in [-0.39, 0.29) is 18.6 Å². The van der Waals surface area contributed by atoms with Crippen LogP contribution in [0.3, 0.4) is 0 Å². The van der Waals surface area contributed by atoms with Gasteiger partial charge in [-0.05, 0) is 42.9 Å². The number of aliphatic hydroxyl groups is 1. The molecule has 2 aromatic carbocycles. The maximum absolute atomic E-state index is 12.5. The third-order valence-electron chi connectivity index (χ3n) is 5.01. The van der Waals surface area contributed by atoms with E-state index >= 15 is 0 Å². The molecular weight excluding hydrogens is 312 g/mol. The van der Waals surface area contributed by atoms with Crippen molar-refractivity contribution in [3.8, 4) is 0 Å². The monoisotopic (exact) mass is 338 g/mol. The highest BCUT2D eigenvalue weighted by atomic mass is 16.3. The maximum Gasteiger partial charge on any atom is 0.321 e. The van der Waals surface area contributed by atoms with Crippen molar-refractivity contribution in [1.29, 1.82) is 0 Å². The number of benzene rings is 2. The number of hydrogen-bond acceptors (Lipinski definition) is 2. The highest BCUT2D eigenvalue weighted by Crippen LogP contribution is 2.28. The molecule has 25 heavy (non-hydrogen) atoms. The van der Waals surface area contributed by atoms with Crippen molar-refractivity contribution < 1.29 is 9.90 Å². The van der Waals surface area contributed by atoms with Crippen LogP contribution in [0.15, 0.2) is 60.7 Å². The minimum absolute atomic E-state index is 0.0739. The number of rotatable bonds is 6. The first-order valence-electron chi connectivity index (χ1n) is 9.02. The van der Waals surface area contributed by atoms with E-state index in [4.69, 9.17) is 0 Å². The maximum atomic E-state index is 12.5. The lowest BCUT2D eigenvalue weighted by Gasteiger charge is -2.17. The molecule has 0 unspecified atom stereocenters. The summed E-state index contributed by atoms with van der Waals surface area (Å²) in [6.07, 6.45) is 3.17. The molecule has 0 aliphatic carbocycles. The van der Waals surface area contributed by atoms with Crippen LogP contribution in [-0.2, 0) is 6.42 Å². The number of carbonyl (C=O) groups is 1. The molecule has 0 saturated carbocycles. The van der Waals surface area contributed by atoms with Crippen molar-refractivity contribution in [2.45, 2.75) is 19.3 Å². The lowest BCUT2D eigenvalue weighted by atomic mass is 9.91. The largest absolute Gasteiger partial charge is 0.396 e. The van der Waals surface area contributed by atoms with Gasteiger partial charge in [0.25, 0.3) is 0 Å². The number of anilines is 1. The number of amides is 2. The third-order valence-corrected chi connectivity index (χ3v) is 5.01. The molecule has 1 saturated heterocycles. The van der Waals surface area contributed by atoms with Crippen LogP contribution in [0.25, 0.3) is 0 Å². The van der Waals surface area contributed by atoms with E-state index in [1.54, 1.807) is 0 Å². The predicted molar refractivity (Wildman–Crippen MR) is 100 cm³/mol. The molecule has 1 fully saturated rings. The number of para-hydroxylation sites is 1. The fraction of sp³-hybridized carbons (Fsp3) is 0.381. The second kappa shape index (κ2) is 8.67. The van der Waals surface area contributed by atoms with E-state index in [2.05, 4.69) is 29.6 Å². The van der Waals surface area contributed by atoms with Crippen LogP contribution < -0.4 is 5.32 Å². The van der Waals surface area contributed by atoms with Crippen molar-refractivity contribution in [3.05, 3.63) is 66.2 Å². The highest BCUT2D eigenvalue weighted by molar-refractivity contribution is 5.89. The number of urea groups is 1. The van der Waals surface area contributed by atoms with Crippen LogP contribution in [0.4, 0.5) is 10.5 Å². The van der Waals surface area contributed by atoms with Gasteiger partial charge in [-0.25, -0.2) is 4.79 Å². The Morgan fingerprint density at radius 3 is 2.32 bits per heavy atom. The third kappa shape index (κ3) is 4.83. The Bertz CT molecular complexity index is 660. The molecule has 0 spiro atoms. The van der Waals surface area contributed by atoms with Gasteiger partial charge in [0, 0.05) is 31.3 Å². The van der Waals surface area contributed by atoms with E-state index in [9.17, 15) is 9.90 Å². The standard InChI is InChI=1S/C21H26N2O2/c24-16-19-15-23(21(25)22-20-12-5-2-6-13-20)14-18(19)11-7-10-17-8-3-1-4-9-17/h1-6,8-9,12-13,18-19,24H,7,10-11,14-16H2,(H,22,25)/t18-,19-/m1/s1. The van der Waals surface area contributed by atoms with Gasteiger partial charge in [0.15, 0.2) is 0 Å². The van der Waals surface area contributed by atoms with E-state index in [0.29, 0.717) is 12.5 Å². The molecule has 2 amide bonds. The van der Waals surface area contributed by atoms with Crippen molar-refractivity contribution >= 4 is 11.7 Å². The van der Waals surface area contributed by atoms with Crippen molar-refractivity contribution in [1.82, 2.24) is 4.90 Å². The number of nitrogens with one attached hydrogen (secondary N) is 1. The highest BCUT2D eigenvalue weighted by Gasteiger charge is 2.34. The molecule has 0 bridgehead atoms. The zero-order chi connectivity index (χ0) is 17.5. The summed E-state index contributed by atoms with van der Waals surface area (Å²) in [6, 6.07) is 19.9. The zero-order valence-electron chi connectivity index (χ0n) is 14.5. The molecule has 3 rings (SSSR count). The molecule has 1 aliphatic rings. The number of aryl methyl sites for hydroxylation is 1. The van der Waals surface area contributed by atoms with E-state index in [1.807, 2.05) is 41.3 Å². The van der Waals surface area contributed by atoms with Crippen LogP contribution in [0, 0.1) is 11.8 Å². The van der Waals surface area contributed by atoms with Crippen LogP contribution in [0.5, 0.6) is 0 Å². The summed E-state index contributed by atoms with van der Waals surface area (Å²) in [5, 5.41) is 12.6. The number of carbonyl (C=O) groups excluding carboxylic acids is 1. The zero-order valence-corrected chi connectivity index (χ0v) is 14.5. The Hall–Kier alpha value is -2.33. The summed E-state index contributed by atoms with van der Waals surface area (Å²) in [5.74, 6) is 0.549. The van der Waals surface area contributed by atoms with Gasteiger partial charge in [-0.2, -0.15) is 0 Å². The summed E-state index contributed by atoms with van der Waals surface area (Å²) < 4.78 is 0. The summed E-state index contributed by atoms with van der Waals surface area (Å²) in [5.41, 5.74) is 2.15. The molecule has 2 aromatic rings. The molecule has 0 radical (unpaired) electrons. The van der Waals surface area contributed by atoms with Crippen LogP contribution in [-0.4, -0.2) is 35.7 Å². The topological polar surface area (TPSA) is 52.6 Å². The van der Waals surface area contributed by atoms with Gasteiger partial charge in [-0.1, -0.05) is 48.5 Å². The Morgan fingerprint density at radius 2 is 1.64 bits per heavy atom. The molecule has 4 heteroatoms. The fourth-order valence-electron chi connectivity index (χ4n) is 3.58. The lowest BCUT2D eigenvalue weighted by Crippen LogP contribution is -2.33. The first-order valence-corrected chi connectivity index (χ1v) is 9.02. The SMILES string of the molecule is O=C(Nc1ccccc1)N1C[C@@H](CCCc2ccccc2)[C@@H](CO)C1. The van der Waals surface area contributed by atoms with Gasteiger partial charge < -0.3 is 15.3 Å². The van der Waals surface area contributed by atoms with Crippen LogP contribution in [0.2, 0.25) is 0 Å². The average Bonchev–Trinajstić information content (AvgIpc) is 3.07. The van der Waals surface area contributed by atoms with Crippen molar-refractivity contribution in [2.75, 3.05) is 25.0 Å². The minimum Gasteiger partial charge on any atom is -0.396 e. The quantitative estimate of drug-likeness (QED) is 0.842. The first-order chi connectivity index (χ1) is 12.3. The van der Waals surface area contributed by atoms with Gasteiger partial charge in [-0.15, -0.1) is 0 Å². The van der Waals surface area contributed by atoms with Gasteiger partial charge in [-0.3, -0.25) is 0 Å². The minimum atomic E-state index is -0.0739. The number of aliphatic hydroxyl groups excluding tert-OH is 1. The fourth-order valence-corrected chi connectivity index (χ4v) is 3.58. The molecule has 132 valence electrons. The predicted octanol–water partition coefficient (Wildman–Crippen LogP) is 3.78. The second-order valence-electron chi connectivity index (χ2n) is 6.78. The van der Waals surface area contributed by atoms with Gasteiger partial charge in [0.2, 0.25) is 0 Å².